The summed E-state index contributed by atoms with van der Waals surface area (Å²) in [4.78, 5) is 14.4. The molecule has 24 heavy (non-hydrogen) atoms. The van der Waals surface area contributed by atoms with Crippen LogP contribution < -0.4 is 9.80 Å². The molecule has 126 valence electrons. The molecule has 0 radical (unpaired) electrons. The lowest BCUT2D eigenvalue weighted by Crippen LogP contribution is -2.36. The number of hydrogen-bond acceptors (Lipinski definition) is 4. The molecular weight excluding hydrogens is 296 g/mol. The van der Waals surface area contributed by atoms with Crippen LogP contribution in [-0.4, -0.2) is 29.6 Å². The number of rotatable bonds is 2. The maximum absolute atomic E-state index is 4.93. The molecule has 0 bridgehead atoms. The quantitative estimate of drug-likeness (QED) is 0.846. The average molecular weight is 322 g/mol. The molecule has 2 aliphatic rings. The Bertz CT molecular complexity index is 727. The summed E-state index contributed by atoms with van der Waals surface area (Å²) in [5.41, 5.74) is 3.96. The fourth-order valence-electron chi connectivity index (χ4n) is 3.90. The van der Waals surface area contributed by atoms with Crippen molar-refractivity contribution in [3.63, 3.8) is 0 Å². The zero-order chi connectivity index (χ0) is 16.5. The lowest BCUT2D eigenvalue weighted by molar-refractivity contribution is 0.441. The van der Waals surface area contributed by atoms with Crippen LogP contribution in [0.25, 0.3) is 0 Å². The summed E-state index contributed by atoms with van der Waals surface area (Å²) >= 11 is 0. The second-order valence-electron chi connectivity index (χ2n) is 7.30. The highest BCUT2D eigenvalue weighted by Crippen LogP contribution is 2.26. The van der Waals surface area contributed by atoms with Gasteiger partial charge in [-0.15, -0.1) is 0 Å². The number of piperidine rings is 1. The molecule has 0 saturated carbocycles. The molecule has 1 fully saturated rings. The van der Waals surface area contributed by atoms with E-state index in [1.165, 1.54) is 24.0 Å². The van der Waals surface area contributed by atoms with Crippen molar-refractivity contribution in [1.29, 1.82) is 0 Å². The highest BCUT2D eigenvalue weighted by molar-refractivity contribution is 5.49. The van der Waals surface area contributed by atoms with Gasteiger partial charge in [-0.05, 0) is 43.2 Å². The van der Waals surface area contributed by atoms with E-state index in [4.69, 9.17) is 9.97 Å². The van der Waals surface area contributed by atoms with E-state index in [0.29, 0.717) is 0 Å². The third kappa shape index (κ3) is 3.10. The minimum atomic E-state index is 0.730. The van der Waals surface area contributed by atoms with Gasteiger partial charge in [0.15, 0.2) is 0 Å². The van der Waals surface area contributed by atoms with Crippen LogP contribution in [0.1, 0.15) is 36.6 Å². The third-order valence-corrected chi connectivity index (χ3v) is 5.22. The molecule has 2 aromatic rings. The Hall–Kier alpha value is -2.10. The standard InChI is InChI=1S/C20H26N4/c1-15-6-5-10-24(13-15)20-21-16(2)12-19(22-20)23-11-9-17-7-3-4-8-18(17)14-23/h3-4,7-8,12,15H,5-6,9-11,13-14H2,1-2H3. The Kier molecular flexibility index (Phi) is 4.13. The highest BCUT2D eigenvalue weighted by atomic mass is 15.3. The SMILES string of the molecule is Cc1cc(N2CCc3ccccc3C2)nc(N2CCCC(C)C2)n1. The monoisotopic (exact) mass is 322 g/mol. The zero-order valence-corrected chi connectivity index (χ0v) is 14.7. The van der Waals surface area contributed by atoms with Crippen molar-refractivity contribution in [2.75, 3.05) is 29.4 Å². The molecule has 1 unspecified atom stereocenters. The topological polar surface area (TPSA) is 32.3 Å². The maximum Gasteiger partial charge on any atom is 0.227 e. The lowest BCUT2D eigenvalue weighted by atomic mass is 10.00. The predicted octanol–water partition coefficient (Wildman–Crippen LogP) is 3.58. The summed E-state index contributed by atoms with van der Waals surface area (Å²) in [6, 6.07) is 10.9. The number of nitrogens with zero attached hydrogens (tertiary/aromatic N) is 4. The van der Waals surface area contributed by atoms with Crippen molar-refractivity contribution < 1.29 is 0 Å². The zero-order valence-electron chi connectivity index (χ0n) is 14.7. The minimum Gasteiger partial charge on any atom is -0.352 e. The first-order valence-electron chi connectivity index (χ1n) is 9.11. The van der Waals surface area contributed by atoms with Crippen molar-refractivity contribution in [3.05, 3.63) is 47.2 Å². The Morgan fingerprint density at radius 2 is 1.88 bits per heavy atom. The molecule has 4 nitrogen and oxygen atoms in total. The average Bonchev–Trinajstić information content (AvgIpc) is 2.61. The van der Waals surface area contributed by atoms with Gasteiger partial charge < -0.3 is 9.80 Å². The highest BCUT2D eigenvalue weighted by Gasteiger charge is 2.22. The largest absolute Gasteiger partial charge is 0.352 e. The molecule has 1 aromatic heterocycles. The number of aryl methyl sites for hydroxylation is 1. The van der Waals surface area contributed by atoms with Crippen molar-refractivity contribution in [1.82, 2.24) is 9.97 Å². The fraction of sp³-hybridized carbons (Fsp3) is 0.500. The van der Waals surface area contributed by atoms with E-state index in [1.807, 2.05) is 0 Å². The van der Waals surface area contributed by atoms with Gasteiger partial charge in [-0.1, -0.05) is 31.2 Å². The van der Waals surface area contributed by atoms with Gasteiger partial charge in [-0.2, -0.15) is 4.98 Å². The Morgan fingerprint density at radius 3 is 2.71 bits per heavy atom. The van der Waals surface area contributed by atoms with Gasteiger partial charge in [-0.25, -0.2) is 4.98 Å². The fourth-order valence-corrected chi connectivity index (χ4v) is 3.90. The Balaban J connectivity index is 1.60. The van der Waals surface area contributed by atoms with Gasteiger partial charge in [-0.3, -0.25) is 0 Å². The molecule has 0 N–H and O–H groups in total. The van der Waals surface area contributed by atoms with Crippen molar-refractivity contribution in [2.45, 2.75) is 39.7 Å². The normalized spacial score (nSPS) is 20.8. The molecule has 0 spiro atoms. The van der Waals surface area contributed by atoms with Gasteiger partial charge in [0.25, 0.3) is 0 Å². The summed E-state index contributed by atoms with van der Waals surface area (Å²) in [7, 11) is 0. The minimum absolute atomic E-state index is 0.730. The van der Waals surface area contributed by atoms with Gasteiger partial charge in [0.1, 0.15) is 5.82 Å². The number of anilines is 2. The summed E-state index contributed by atoms with van der Waals surface area (Å²) in [6.45, 7) is 8.54. The molecule has 3 heterocycles. The number of hydrogen-bond donors (Lipinski definition) is 0. The molecule has 0 amide bonds. The van der Waals surface area contributed by atoms with E-state index < -0.39 is 0 Å². The van der Waals surface area contributed by atoms with E-state index in [0.717, 1.165) is 56.0 Å². The van der Waals surface area contributed by atoms with E-state index >= 15 is 0 Å². The molecule has 4 heteroatoms. The molecular formula is C20H26N4. The number of fused-ring (bicyclic) bond motifs is 1. The van der Waals surface area contributed by atoms with Gasteiger partial charge in [0.05, 0.1) is 0 Å². The van der Waals surface area contributed by atoms with Crippen molar-refractivity contribution in [3.8, 4) is 0 Å². The van der Waals surface area contributed by atoms with Crippen LogP contribution in [0.15, 0.2) is 30.3 Å². The molecule has 1 saturated heterocycles. The second kappa shape index (κ2) is 6.42. The molecule has 4 rings (SSSR count). The van der Waals surface area contributed by atoms with Crippen LogP contribution >= 0.6 is 0 Å². The maximum atomic E-state index is 4.93. The summed E-state index contributed by atoms with van der Waals surface area (Å²) in [5, 5.41) is 0. The van der Waals surface area contributed by atoms with Crippen LogP contribution in [0, 0.1) is 12.8 Å². The van der Waals surface area contributed by atoms with Gasteiger partial charge in [0.2, 0.25) is 5.95 Å². The molecule has 1 atom stereocenters. The molecule has 0 aliphatic carbocycles. The number of aromatic nitrogens is 2. The lowest BCUT2D eigenvalue weighted by Gasteiger charge is -2.33. The Morgan fingerprint density at radius 1 is 1.04 bits per heavy atom. The third-order valence-electron chi connectivity index (χ3n) is 5.22. The second-order valence-corrected chi connectivity index (χ2v) is 7.30. The predicted molar refractivity (Wildman–Crippen MR) is 98.6 cm³/mol. The molecule has 1 aromatic carbocycles. The Labute approximate surface area is 144 Å². The first-order valence-corrected chi connectivity index (χ1v) is 9.11. The summed E-state index contributed by atoms with van der Waals surface area (Å²) in [5.74, 6) is 2.72. The van der Waals surface area contributed by atoms with E-state index in [2.05, 4.69) is 54.0 Å². The number of benzene rings is 1. The van der Waals surface area contributed by atoms with Crippen molar-refractivity contribution >= 4 is 11.8 Å². The van der Waals surface area contributed by atoms with E-state index in [-0.39, 0.29) is 0 Å². The van der Waals surface area contributed by atoms with Crippen LogP contribution in [0.2, 0.25) is 0 Å². The van der Waals surface area contributed by atoms with Gasteiger partial charge in [0, 0.05) is 37.9 Å². The van der Waals surface area contributed by atoms with Crippen LogP contribution in [0.4, 0.5) is 11.8 Å². The first kappa shape index (κ1) is 15.4. The summed E-state index contributed by atoms with van der Waals surface area (Å²) < 4.78 is 0. The van der Waals surface area contributed by atoms with Gasteiger partial charge >= 0.3 is 0 Å². The first-order chi connectivity index (χ1) is 11.7. The van der Waals surface area contributed by atoms with E-state index in [9.17, 15) is 0 Å². The van der Waals surface area contributed by atoms with E-state index in [1.54, 1.807) is 0 Å². The smallest absolute Gasteiger partial charge is 0.227 e. The van der Waals surface area contributed by atoms with Crippen LogP contribution in [-0.2, 0) is 13.0 Å². The van der Waals surface area contributed by atoms with Crippen LogP contribution in [0.5, 0.6) is 0 Å². The molecule has 2 aliphatic heterocycles. The van der Waals surface area contributed by atoms with Crippen LogP contribution in [0.3, 0.4) is 0 Å². The summed E-state index contributed by atoms with van der Waals surface area (Å²) in [6.07, 6.45) is 3.65. The van der Waals surface area contributed by atoms with Crippen molar-refractivity contribution in [2.24, 2.45) is 5.92 Å².